The molecule has 0 radical (unpaired) electrons. The van der Waals surface area contributed by atoms with Gasteiger partial charge in [0.1, 0.15) is 5.82 Å². The molecule has 0 amide bonds. The van der Waals surface area contributed by atoms with Crippen LogP contribution >= 0.6 is 0 Å². The van der Waals surface area contributed by atoms with Crippen LogP contribution in [0.1, 0.15) is 25.0 Å². The van der Waals surface area contributed by atoms with E-state index in [-0.39, 0.29) is 0 Å². The quantitative estimate of drug-likeness (QED) is 0.864. The smallest absolute Gasteiger partial charge is 0.130 e. The lowest BCUT2D eigenvalue weighted by atomic mass is 10.2. The maximum Gasteiger partial charge on any atom is 0.130 e. The Balaban J connectivity index is 0.000000686. The number of aryl methyl sites for hydroxylation is 3. The molecule has 0 aromatic carbocycles. The van der Waals surface area contributed by atoms with Crippen LogP contribution in [0, 0.1) is 13.8 Å². The molecule has 0 aliphatic carbocycles. The maximum atomic E-state index is 4.30. The lowest BCUT2D eigenvalue weighted by Crippen LogP contribution is -1.94. The van der Waals surface area contributed by atoms with Crippen molar-refractivity contribution in [3.8, 4) is 0 Å². The van der Waals surface area contributed by atoms with Gasteiger partial charge in [0.15, 0.2) is 0 Å². The van der Waals surface area contributed by atoms with E-state index in [1.807, 2.05) is 39.4 Å². The van der Waals surface area contributed by atoms with Gasteiger partial charge in [0.2, 0.25) is 0 Å². The van der Waals surface area contributed by atoms with Gasteiger partial charge in [-0.25, -0.2) is 4.98 Å². The van der Waals surface area contributed by atoms with E-state index in [2.05, 4.69) is 29.2 Å². The second kappa shape index (κ2) is 6.03. The van der Waals surface area contributed by atoms with E-state index in [1.165, 1.54) is 11.1 Å². The maximum absolute atomic E-state index is 4.30. The van der Waals surface area contributed by atoms with Gasteiger partial charge in [-0.15, -0.1) is 0 Å². The standard InChI is InChI=1S/C11H14N4.C2H6/c1-8-4-11(12-5-9(8)2)14-10-6-13-15(3)7-10;1-2/h4-7H,1-3H3,(H,12,14);1-2H3. The van der Waals surface area contributed by atoms with Crippen molar-refractivity contribution >= 4 is 11.5 Å². The summed E-state index contributed by atoms with van der Waals surface area (Å²) in [5.41, 5.74) is 3.39. The summed E-state index contributed by atoms with van der Waals surface area (Å²) in [6.45, 7) is 8.13. The molecule has 0 aliphatic heterocycles. The van der Waals surface area contributed by atoms with Crippen molar-refractivity contribution in [1.29, 1.82) is 0 Å². The van der Waals surface area contributed by atoms with Gasteiger partial charge in [-0.05, 0) is 31.0 Å². The van der Waals surface area contributed by atoms with Crippen molar-refractivity contribution in [1.82, 2.24) is 14.8 Å². The Kier molecular flexibility index (Phi) is 4.69. The van der Waals surface area contributed by atoms with E-state index in [9.17, 15) is 0 Å². The van der Waals surface area contributed by atoms with E-state index < -0.39 is 0 Å². The summed E-state index contributed by atoms with van der Waals surface area (Å²) in [5.74, 6) is 0.853. The Morgan fingerprint density at radius 2 is 1.82 bits per heavy atom. The lowest BCUT2D eigenvalue weighted by molar-refractivity contribution is 0.768. The predicted octanol–water partition coefficient (Wildman–Crippen LogP) is 3.20. The van der Waals surface area contributed by atoms with Crippen molar-refractivity contribution in [2.75, 3.05) is 5.32 Å². The van der Waals surface area contributed by atoms with E-state index in [0.717, 1.165) is 11.5 Å². The van der Waals surface area contributed by atoms with Crippen LogP contribution in [0.5, 0.6) is 0 Å². The first-order chi connectivity index (χ1) is 8.15. The summed E-state index contributed by atoms with van der Waals surface area (Å²) < 4.78 is 1.75. The Bertz CT molecular complexity index is 474. The topological polar surface area (TPSA) is 42.7 Å². The number of aromatic nitrogens is 3. The first-order valence-electron chi connectivity index (χ1n) is 5.84. The van der Waals surface area contributed by atoms with Gasteiger partial charge >= 0.3 is 0 Å². The van der Waals surface area contributed by atoms with Crippen LogP contribution in [-0.2, 0) is 7.05 Å². The molecule has 4 heteroatoms. The third-order valence-corrected chi connectivity index (χ3v) is 2.35. The zero-order valence-electron chi connectivity index (χ0n) is 11.2. The van der Waals surface area contributed by atoms with Crippen LogP contribution < -0.4 is 5.32 Å². The molecule has 2 aromatic heterocycles. The monoisotopic (exact) mass is 232 g/mol. The molecule has 0 bridgehead atoms. The second-order valence-corrected chi connectivity index (χ2v) is 3.68. The van der Waals surface area contributed by atoms with Crippen LogP contribution in [0.3, 0.4) is 0 Å². The molecule has 0 atom stereocenters. The summed E-state index contributed by atoms with van der Waals surface area (Å²) in [7, 11) is 1.89. The SMILES string of the molecule is CC.Cc1cnc(Nc2cnn(C)c2)cc1C. The molecule has 0 saturated heterocycles. The third kappa shape index (κ3) is 3.59. The molecule has 17 heavy (non-hydrogen) atoms. The first-order valence-corrected chi connectivity index (χ1v) is 5.84. The zero-order valence-corrected chi connectivity index (χ0v) is 11.2. The average molecular weight is 232 g/mol. The van der Waals surface area contributed by atoms with Crippen molar-refractivity contribution in [2.24, 2.45) is 7.05 Å². The first kappa shape index (κ1) is 13.2. The van der Waals surface area contributed by atoms with Crippen molar-refractivity contribution in [2.45, 2.75) is 27.7 Å². The molecule has 0 unspecified atom stereocenters. The van der Waals surface area contributed by atoms with Gasteiger partial charge in [-0.3, -0.25) is 4.68 Å². The van der Waals surface area contributed by atoms with Crippen LogP contribution in [0.2, 0.25) is 0 Å². The molecule has 2 rings (SSSR count). The minimum atomic E-state index is 0.853. The second-order valence-electron chi connectivity index (χ2n) is 3.68. The Labute approximate surface area is 103 Å². The van der Waals surface area contributed by atoms with Gasteiger partial charge < -0.3 is 5.32 Å². The predicted molar refractivity (Wildman–Crippen MR) is 71.5 cm³/mol. The van der Waals surface area contributed by atoms with Crippen LogP contribution in [0.25, 0.3) is 0 Å². The molecule has 0 aliphatic rings. The zero-order chi connectivity index (χ0) is 12.8. The van der Waals surface area contributed by atoms with Crippen LogP contribution in [0.15, 0.2) is 24.7 Å². The van der Waals surface area contributed by atoms with Gasteiger partial charge in [-0.2, -0.15) is 5.10 Å². The fourth-order valence-electron chi connectivity index (χ4n) is 1.33. The van der Waals surface area contributed by atoms with Crippen molar-refractivity contribution in [3.63, 3.8) is 0 Å². The number of hydrogen-bond donors (Lipinski definition) is 1. The average Bonchev–Trinajstić information content (AvgIpc) is 2.72. The Morgan fingerprint density at radius 3 is 2.35 bits per heavy atom. The van der Waals surface area contributed by atoms with E-state index in [1.54, 1.807) is 10.9 Å². The highest BCUT2D eigenvalue weighted by molar-refractivity contribution is 5.54. The molecule has 1 N–H and O–H groups in total. The summed E-state index contributed by atoms with van der Waals surface area (Å²) in [6, 6.07) is 2.03. The van der Waals surface area contributed by atoms with Crippen molar-refractivity contribution in [3.05, 3.63) is 35.8 Å². The van der Waals surface area contributed by atoms with E-state index >= 15 is 0 Å². The fourth-order valence-corrected chi connectivity index (χ4v) is 1.33. The van der Waals surface area contributed by atoms with E-state index in [0.29, 0.717) is 0 Å². The van der Waals surface area contributed by atoms with Gasteiger partial charge in [0, 0.05) is 19.4 Å². The molecule has 2 heterocycles. The fraction of sp³-hybridized carbons (Fsp3) is 0.385. The third-order valence-electron chi connectivity index (χ3n) is 2.35. The molecular weight excluding hydrogens is 212 g/mol. The van der Waals surface area contributed by atoms with E-state index in [4.69, 9.17) is 0 Å². The van der Waals surface area contributed by atoms with Gasteiger partial charge in [-0.1, -0.05) is 13.8 Å². The van der Waals surface area contributed by atoms with Crippen molar-refractivity contribution < 1.29 is 0 Å². The molecular formula is C13H20N4. The number of rotatable bonds is 2. The normalized spacial score (nSPS) is 9.47. The van der Waals surface area contributed by atoms with Crippen LogP contribution in [0.4, 0.5) is 11.5 Å². The van der Waals surface area contributed by atoms with Gasteiger partial charge in [0.25, 0.3) is 0 Å². The highest BCUT2D eigenvalue weighted by atomic mass is 15.3. The molecule has 2 aromatic rings. The number of nitrogens with one attached hydrogen (secondary N) is 1. The molecule has 0 fully saturated rings. The minimum absolute atomic E-state index is 0.853. The Morgan fingerprint density at radius 1 is 1.12 bits per heavy atom. The minimum Gasteiger partial charge on any atom is -0.338 e. The largest absolute Gasteiger partial charge is 0.338 e. The molecule has 92 valence electrons. The number of hydrogen-bond acceptors (Lipinski definition) is 3. The number of nitrogens with zero attached hydrogens (tertiary/aromatic N) is 3. The summed E-state index contributed by atoms with van der Waals surface area (Å²) in [4.78, 5) is 4.30. The number of pyridine rings is 1. The summed E-state index contributed by atoms with van der Waals surface area (Å²) in [6.07, 6.45) is 5.56. The Hall–Kier alpha value is -1.84. The molecule has 4 nitrogen and oxygen atoms in total. The highest BCUT2D eigenvalue weighted by Gasteiger charge is 1.99. The summed E-state index contributed by atoms with van der Waals surface area (Å²) in [5, 5.41) is 7.28. The summed E-state index contributed by atoms with van der Waals surface area (Å²) >= 11 is 0. The number of anilines is 2. The highest BCUT2D eigenvalue weighted by Crippen LogP contribution is 2.15. The molecule has 0 spiro atoms. The van der Waals surface area contributed by atoms with Gasteiger partial charge in [0.05, 0.1) is 11.9 Å². The molecule has 0 saturated carbocycles. The van der Waals surface area contributed by atoms with Crippen LogP contribution in [-0.4, -0.2) is 14.8 Å². The lowest BCUT2D eigenvalue weighted by Gasteiger charge is -2.04.